The number of hydrogen-bond acceptors (Lipinski definition) is 3. The number of allylic oxidation sites excluding steroid dienone is 2. The van der Waals surface area contributed by atoms with Crippen LogP contribution in [0.4, 0.5) is 5.69 Å². The van der Waals surface area contributed by atoms with Gasteiger partial charge in [-0.3, -0.25) is 14.4 Å². The average Bonchev–Trinajstić information content (AvgIpc) is 3.31. The molecule has 4 nitrogen and oxygen atoms in total. The molecule has 1 saturated carbocycles. The second-order valence-corrected chi connectivity index (χ2v) is 10.5. The highest BCUT2D eigenvalue weighted by Crippen LogP contribution is 2.73. The number of fused-ring (bicyclic) bond motifs is 5. The van der Waals surface area contributed by atoms with E-state index in [-0.39, 0.29) is 17.6 Å². The van der Waals surface area contributed by atoms with Crippen molar-refractivity contribution in [2.45, 2.75) is 20.8 Å². The quantitative estimate of drug-likeness (QED) is 0.433. The normalized spacial score (nSPS) is 29.4. The van der Waals surface area contributed by atoms with Crippen LogP contribution in [0.25, 0.3) is 11.1 Å². The molecule has 174 valence electrons. The van der Waals surface area contributed by atoms with Gasteiger partial charge >= 0.3 is 0 Å². The van der Waals surface area contributed by atoms with E-state index in [1.165, 1.54) is 4.90 Å². The lowest BCUT2D eigenvalue weighted by Gasteiger charge is -2.35. The summed E-state index contributed by atoms with van der Waals surface area (Å²) in [7, 11) is 0. The molecule has 2 aliphatic carbocycles. The molecule has 1 aliphatic heterocycles. The van der Waals surface area contributed by atoms with Crippen molar-refractivity contribution < 1.29 is 14.4 Å². The Bertz CT molecular complexity index is 1380. The number of imide groups is 1. The van der Waals surface area contributed by atoms with E-state index in [1.54, 1.807) is 18.2 Å². The highest BCUT2D eigenvalue weighted by atomic mass is 35.5. The van der Waals surface area contributed by atoms with E-state index in [9.17, 15) is 14.4 Å². The van der Waals surface area contributed by atoms with Crippen molar-refractivity contribution in [3.63, 3.8) is 0 Å². The van der Waals surface area contributed by atoms with Crippen molar-refractivity contribution in [2.24, 2.45) is 22.7 Å². The number of amides is 2. The Morgan fingerprint density at radius 1 is 0.714 bits per heavy atom. The van der Waals surface area contributed by atoms with E-state index in [0.29, 0.717) is 10.7 Å². The van der Waals surface area contributed by atoms with E-state index in [1.807, 2.05) is 81.4 Å². The van der Waals surface area contributed by atoms with Gasteiger partial charge in [0.2, 0.25) is 11.8 Å². The van der Waals surface area contributed by atoms with Gasteiger partial charge < -0.3 is 0 Å². The van der Waals surface area contributed by atoms with Gasteiger partial charge in [-0.15, -0.1) is 0 Å². The third kappa shape index (κ3) is 2.61. The molecule has 5 heteroatoms. The minimum atomic E-state index is -1.12. The van der Waals surface area contributed by atoms with E-state index >= 15 is 0 Å². The number of nitrogens with zero attached hydrogens (tertiary/aromatic N) is 1. The van der Waals surface area contributed by atoms with Crippen LogP contribution >= 0.6 is 11.6 Å². The van der Waals surface area contributed by atoms with Crippen LogP contribution in [-0.2, 0) is 14.4 Å². The number of Topliss-reactive ketones (excluding diaryl/α,β-unsaturated/α-hetero) is 1. The van der Waals surface area contributed by atoms with Gasteiger partial charge in [0.25, 0.3) is 0 Å². The van der Waals surface area contributed by atoms with E-state index in [2.05, 4.69) is 0 Å². The Hall–Kier alpha value is -3.50. The molecular weight excluding hydrogens is 458 g/mol. The Morgan fingerprint density at radius 3 is 1.60 bits per heavy atom. The van der Waals surface area contributed by atoms with Crippen molar-refractivity contribution >= 4 is 46.0 Å². The molecule has 0 spiro atoms. The standard InChI is InChI=1S/C30H24ClNO3/c1-17-14-15-20(16-21(17)31)32-26(33)24-25(27(32)34)30(3)23(19-12-8-5-9-13-19)22(29(24,2)28(30)35)18-10-6-4-7-11-18/h4-16,24-25H,1-3H3/t24-,25+,29-,30-/m0/s1. The summed E-state index contributed by atoms with van der Waals surface area (Å²) >= 11 is 6.35. The minimum absolute atomic E-state index is 0.0546. The Labute approximate surface area is 209 Å². The number of halogens is 1. The number of rotatable bonds is 3. The van der Waals surface area contributed by atoms with Crippen LogP contribution < -0.4 is 4.90 Å². The summed E-state index contributed by atoms with van der Waals surface area (Å²) in [6.07, 6.45) is 0. The van der Waals surface area contributed by atoms with Crippen LogP contribution in [0, 0.1) is 29.6 Å². The van der Waals surface area contributed by atoms with Gasteiger partial charge in [-0.25, -0.2) is 4.90 Å². The molecule has 4 atom stereocenters. The smallest absolute Gasteiger partial charge is 0.239 e. The Morgan fingerprint density at radius 2 is 1.17 bits per heavy atom. The van der Waals surface area contributed by atoms with Crippen LogP contribution in [0.15, 0.2) is 78.9 Å². The average molecular weight is 482 g/mol. The maximum atomic E-state index is 14.2. The molecule has 2 amide bonds. The van der Waals surface area contributed by atoms with Crippen LogP contribution in [0.2, 0.25) is 5.02 Å². The zero-order valence-electron chi connectivity index (χ0n) is 19.7. The summed E-state index contributed by atoms with van der Waals surface area (Å²) in [6.45, 7) is 5.58. The summed E-state index contributed by atoms with van der Waals surface area (Å²) in [6, 6.07) is 24.7. The number of carbonyl (C=O) groups excluding carboxylic acids is 3. The molecule has 0 N–H and O–H groups in total. The number of ketones is 1. The zero-order valence-corrected chi connectivity index (χ0v) is 20.5. The molecule has 3 aliphatic rings. The Balaban J connectivity index is 1.61. The largest absolute Gasteiger partial charge is 0.298 e. The fourth-order valence-electron chi connectivity index (χ4n) is 6.79. The van der Waals surface area contributed by atoms with Gasteiger partial charge in [0.15, 0.2) is 5.78 Å². The predicted molar refractivity (Wildman–Crippen MR) is 137 cm³/mol. The second kappa shape index (κ2) is 7.25. The number of aryl methyl sites for hydroxylation is 1. The summed E-state index contributed by atoms with van der Waals surface area (Å²) in [5, 5.41) is 0.490. The van der Waals surface area contributed by atoms with Crippen molar-refractivity contribution in [3.05, 3.63) is 101 Å². The lowest BCUT2D eigenvalue weighted by Crippen LogP contribution is -2.40. The first-order valence-electron chi connectivity index (χ1n) is 11.8. The number of carbonyl (C=O) groups is 3. The summed E-state index contributed by atoms with van der Waals surface area (Å²) in [5.74, 6) is -2.26. The first kappa shape index (κ1) is 22.0. The first-order chi connectivity index (χ1) is 16.7. The Kier molecular flexibility index (Phi) is 4.56. The molecular formula is C30H24ClNO3. The van der Waals surface area contributed by atoms with Crippen LogP contribution in [0.1, 0.15) is 30.5 Å². The van der Waals surface area contributed by atoms with E-state index in [4.69, 9.17) is 11.6 Å². The summed E-state index contributed by atoms with van der Waals surface area (Å²) < 4.78 is 0. The number of anilines is 1. The number of hydrogen-bond donors (Lipinski definition) is 0. The summed E-state index contributed by atoms with van der Waals surface area (Å²) in [5.41, 5.74) is 2.58. The molecule has 1 heterocycles. The third-order valence-electron chi connectivity index (χ3n) is 8.32. The highest BCUT2D eigenvalue weighted by molar-refractivity contribution is 6.35. The minimum Gasteiger partial charge on any atom is -0.298 e. The third-order valence-corrected chi connectivity index (χ3v) is 8.73. The van der Waals surface area contributed by atoms with Gasteiger partial charge in [-0.2, -0.15) is 0 Å². The monoisotopic (exact) mass is 481 g/mol. The summed E-state index contributed by atoms with van der Waals surface area (Å²) in [4.78, 5) is 43.5. The van der Waals surface area contributed by atoms with E-state index < -0.39 is 22.7 Å². The van der Waals surface area contributed by atoms with Gasteiger partial charge in [0.1, 0.15) is 0 Å². The number of benzene rings is 3. The SMILES string of the molecule is Cc1ccc(N2C(=O)[C@@H]3[C@H](C2=O)[C@@]2(C)C(=O)[C@@]3(C)C(c3ccccc3)=C2c2ccccc2)cc1Cl. The van der Waals surface area contributed by atoms with Gasteiger partial charge in [-0.05, 0) is 60.7 Å². The molecule has 1 saturated heterocycles. The lowest BCUT2D eigenvalue weighted by atomic mass is 9.63. The van der Waals surface area contributed by atoms with E-state index in [0.717, 1.165) is 27.8 Å². The van der Waals surface area contributed by atoms with Crippen molar-refractivity contribution in [1.29, 1.82) is 0 Å². The first-order valence-corrected chi connectivity index (χ1v) is 12.1. The van der Waals surface area contributed by atoms with Crippen molar-refractivity contribution in [3.8, 4) is 0 Å². The topological polar surface area (TPSA) is 54.5 Å². The lowest BCUT2D eigenvalue weighted by molar-refractivity contribution is -0.133. The fourth-order valence-corrected chi connectivity index (χ4v) is 6.96. The highest BCUT2D eigenvalue weighted by Gasteiger charge is 2.78. The van der Waals surface area contributed by atoms with Crippen LogP contribution in [0.5, 0.6) is 0 Å². The fraction of sp³-hybridized carbons (Fsp3) is 0.233. The van der Waals surface area contributed by atoms with Crippen LogP contribution in [-0.4, -0.2) is 17.6 Å². The second-order valence-electron chi connectivity index (χ2n) is 10.1. The maximum absolute atomic E-state index is 14.2. The maximum Gasteiger partial charge on any atom is 0.239 e. The van der Waals surface area contributed by atoms with Gasteiger partial charge in [0, 0.05) is 5.02 Å². The predicted octanol–water partition coefficient (Wildman–Crippen LogP) is 5.97. The molecule has 2 fully saturated rings. The molecule has 0 radical (unpaired) electrons. The van der Waals surface area contributed by atoms with Crippen molar-refractivity contribution in [2.75, 3.05) is 4.90 Å². The zero-order chi connectivity index (χ0) is 24.7. The van der Waals surface area contributed by atoms with Gasteiger partial charge in [0.05, 0.1) is 28.4 Å². The van der Waals surface area contributed by atoms with Crippen LogP contribution in [0.3, 0.4) is 0 Å². The molecule has 35 heavy (non-hydrogen) atoms. The molecule has 3 aromatic rings. The molecule has 2 bridgehead atoms. The molecule has 0 unspecified atom stereocenters. The molecule has 6 rings (SSSR count). The molecule has 0 aromatic heterocycles. The molecule has 3 aromatic carbocycles. The van der Waals surface area contributed by atoms with Crippen molar-refractivity contribution in [1.82, 2.24) is 0 Å². The van der Waals surface area contributed by atoms with Gasteiger partial charge in [-0.1, -0.05) is 78.3 Å².